The van der Waals surface area contributed by atoms with Gasteiger partial charge in [-0.3, -0.25) is 19.5 Å². The smallest absolute Gasteiger partial charge is 0.255 e. The quantitative estimate of drug-likeness (QED) is 0.400. The molecule has 0 aliphatic rings. The van der Waals surface area contributed by atoms with Gasteiger partial charge in [-0.2, -0.15) is 5.10 Å². The Bertz CT molecular complexity index is 1190. The Hall–Kier alpha value is -4.21. The summed E-state index contributed by atoms with van der Waals surface area (Å²) in [6, 6.07) is 8.11. The van der Waals surface area contributed by atoms with Gasteiger partial charge >= 0.3 is 0 Å². The molecule has 1 heterocycles. The molecule has 0 fully saturated rings. The number of nitrogens with zero attached hydrogens (tertiary/aromatic N) is 1. The summed E-state index contributed by atoms with van der Waals surface area (Å²) >= 11 is 0. The zero-order valence-corrected chi connectivity index (χ0v) is 17.2. The zero-order valence-electron chi connectivity index (χ0n) is 17.2. The lowest BCUT2D eigenvalue weighted by Gasteiger charge is -2.15. The number of amides is 3. The number of benzene rings is 2. The van der Waals surface area contributed by atoms with Crippen LogP contribution in [0, 0.1) is 5.82 Å². The van der Waals surface area contributed by atoms with Crippen LogP contribution < -0.4 is 21.5 Å². The molecule has 1 atom stereocenters. The summed E-state index contributed by atoms with van der Waals surface area (Å²) in [5.41, 5.74) is 12.3. The molecular weight excluding hydrogens is 417 g/mol. The summed E-state index contributed by atoms with van der Waals surface area (Å²) in [4.78, 5) is 35.3. The third-order valence-corrected chi connectivity index (χ3v) is 4.63. The van der Waals surface area contributed by atoms with Crippen LogP contribution in [0.2, 0.25) is 0 Å². The second-order valence-corrected chi connectivity index (χ2v) is 7.02. The fraction of sp³-hybridized carbons (Fsp3) is 0.182. The number of ether oxygens (including phenoxy) is 1. The monoisotopic (exact) mass is 439 g/mol. The predicted octanol–water partition coefficient (Wildman–Crippen LogP) is 1.73. The highest BCUT2D eigenvalue weighted by molar-refractivity contribution is 6.06. The van der Waals surface area contributed by atoms with Crippen LogP contribution in [0.5, 0.6) is 5.75 Å². The van der Waals surface area contributed by atoms with Crippen molar-refractivity contribution in [2.45, 2.75) is 19.4 Å². The van der Waals surface area contributed by atoms with E-state index in [0.717, 1.165) is 5.56 Å². The molecule has 1 aromatic heterocycles. The van der Waals surface area contributed by atoms with E-state index in [2.05, 4.69) is 15.5 Å². The van der Waals surface area contributed by atoms with Crippen molar-refractivity contribution in [3.8, 4) is 5.75 Å². The molecule has 2 aromatic carbocycles. The van der Waals surface area contributed by atoms with Crippen LogP contribution in [0.4, 0.5) is 4.39 Å². The number of fused-ring (bicyclic) bond motifs is 1. The van der Waals surface area contributed by atoms with E-state index in [4.69, 9.17) is 16.2 Å². The molecule has 0 saturated heterocycles. The lowest BCUT2D eigenvalue weighted by atomic mass is 10.1. The maximum absolute atomic E-state index is 13.1. The Kier molecular flexibility index (Phi) is 6.83. The first-order valence-electron chi connectivity index (χ1n) is 9.72. The predicted molar refractivity (Wildman–Crippen MR) is 117 cm³/mol. The van der Waals surface area contributed by atoms with E-state index in [1.54, 1.807) is 30.4 Å². The first-order valence-corrected chi connectivity index (χ1v) is 9.72. The highest BCUT2D eigenvalue weighted by Gasteiger charge is 2.22. The zero-order chi connectivity index (χ0) is 23.3. The number of aromatic nitrogens is 2. The normalized spacial score (nSPS) is 12.1. The number of hydrogen-bond acceptors (Lipinski definition) is 5. The fourth-order valence-corrected chi connectivity index (χ4v) is 2.90. The number of rotatable bonds is 9. The number of carbonyl (C=O) groups is 3. The van der Waals surface area contributed by atoms with Gasteiger partial charge < -0.3 is 21.5 Å². The minimum atomic E-state index is -0.904. The molecule has 0 spiro atoms. The average molecular weight is 439 g/mol. The lowest BCUT2D eigenvalue weighted by Crippen LogP contribution is -2.42. The van der Waals surface area contributed by atoms with Crippen LogP contribution in [-0.2, 0) is 9.59 Å². The molecule has 0 aliphatic carbocycles. The van der Waals surface area contributed by atoms with E-state index in [-0.39, 0.29) is 30.2 Å². The van der Waals surface area contributed by atoms with Crippen LogP contribution in [0.25, 0.3) is 23.1 Å². The second-order valence-electron chi connectivity index (χ2n) is 7.02. The van der Waals surface area contributed by atoms with E-state index in [1.807, 2.05) is 0 Å². The molecule has 3 amide bonds. The summed E-state index contributed by atoms with van der Waals surface area (Å²) in [6.45, 7) is 1.40. The Morgan fingerprint density at radius 3 is 2.53 bits per heavy atom. The molecule has 0 saturated carbocycles. The van der Waals surface area contributed by atoms with E-state index >= 15 is 0 Å². The maximum Gasteiger partial charge on any atom is 0.255 e. The molecule has 0 unspecified atom stereocenters. The van der Waals surface area contributed by atoms with Gasteiger partial charge in [0, 0.05) is 0 Å². The van der Waals surface area contributed by atoms with Gasteiger partial charge in [0.05, 0.1) is 35.2 Å². The number of primary amides is 2. The van der Waals surface area contributed by atoms with E-state index < -0.39 is 23.8 Å². The third kappa shape index (κ3) is 5.28. The summed E-state index contributed by atoms with van der Waals surface area (Å²) in [7, 11) is 0. The maximum atomic E-state index is 13.1. The molecule has 0 aliphatic heterocycles. The van der Waals surface area contributed by atoms with Gasteiger partial charge in [-0.1, -0.05) is 18.2 Å². The number of hydrogen-bond donors (Lipinski definition) is 4. The van der Waals surface area contributed by atoms with E-state index in [1.165, 1.54) is 25.1 Å². The highest BCUT2D eigenvalue weighted by atomic mass is 19.1. The van der Waals surface area contributed by atoms with Gasteiger partial charge in [-0.15, -0.1) is 0 Å². The van der Waals surface area contributed by atoms with Crippen molar-refractivity contribution in [1.82, 2.24) is 15.5 Å². The van der Waals surface area contributed by atoms with Crippen LogP contribution in [0.3, 0.4) is 0 Å². The van der Waals surface area contributed by atoms with Crippen LogP contribution in [0.15, 0.2) is 36.4 Å². The first-order chi connectivity index (χ1) is 15.3. The Labute approximate surface area is 182 Å². The Morgan fingerprint density at radius 2 is 1.88 bits per heavy atom. The van der Waals surface area contributed by atoms with Crippen molar-refractivity contribution in [1.29, 1.82) is 0 Å². The van der Waals surface area contributed by atoms with Gasteiger partial charge in [-0.05, 0) is 42.8 Å². The van der Waals surface area contributed by atoms with Crippen molar-refractivity contribution in [3.63, 3.8) is 0 Å². The molecule has 6 N–H and O–H groups in total. The van der Waals surface area contributed by atoms with Gasteiger partial charge in [-0.25, -0.2) is 4.39 Å². The van der Waals surface area contributed by atoms with Gasteiger partial charge in [0.15, 0.2) is 0 Å². The van der Waals surface area contributed by atoms with Crippen LogP contribution >= 0.6 is 0 Å². The minimum Gasteiger partial charge on any atom is -0.491 e. The SMILES string of the molecule is C[C@H](NC(=O)c1ccc2n[nH]c(C=Cc3ccc(F)cc3)c2c1OCCC(N)=O)C(N)=O. The lowest BCUT2D eigenvalue weighted by molar-refractivity contribution is -0.119. The molecule has 3 rings (SSSR count). The molecule has 0 bridgehead atoms. The van der Waals surface area contributed by atoms with Crippen LogP contribution in [-0.4, -0.2) is 40.6 Å². The van der Waals surface area contributed by atoms with Crippen molar-refractivity contribution < 1.29 is 23.5 Å². The second kappa shape index (κ2) is 9.73. The van der Waals surface area contributed by atoms with Gasteiger partial charge in [0.25, 0.3) is 5.91 Å². The standard InChI is InChI=1S/C22H22FN5O4/c1-12(21(25)30)26-22(31)15-7-9-17-19(20(15)32-11-10-18(24)29)16(27-28-17)8-4-13-2-5-14(23)6-3-13/h2-9,12H,10-11H2,1H3,(H2,24,29)(H2,25,30)(H,26,31)(H,27,28)/t12-/m0/s1. The van der Waals surface area contributed by atoms with Crippen molar-refractivity contribution >= 4 is 40.8 Å². The highest BCUT2D eigenvalue weighted by Crippen LogP contribution is 2.33. The molecule has 9 nitrogen and oxygen atoms in total. The summed E-state index contributed by atoms with van der Waals surface area (Å²) in [6.07, 6.45) is 3.38. The summed E-state index contributed by atoms with van der Waals surface area (Å²) < 4.78 is 18.9. The molecular formula is C22H22FN5O4. The average Bonchev–Trinajstić information content (AvgIpc) is 3.16. The third-order valence-electron chi connectivity index (χ3n) is 4.63. The minimum absolute atomic E-state index is 0.0618. The fourth-order valence-electron chi connectivity index (χ4n) is 2.90. The number of H-pyrrole nitrogens is 1. The Morgan fingerprint density at radius 1 is 1.16 bits per heavy atom. The van der Waals surface area contributed by atoms with Gasteiger partial charge in [0.1, 0.15) is 17.6 Å². The molecule has 32 heavy (non-hydrogen) atoms. The van der Waals surface area contributed by atoms with Crippen molar-refractivity contribution in [2.24, 2.45) is 11.5 Å². The number of carbonyl (C=O) groups excluding carboxylic acids is 3. The number of halogens is 1. The van der Waals surface area contributed by atoms with Gasteiger partial charge in [0.2, 0.25) is 11.8 Å². The summed E-state index contributed by atoms with van der Waals surface area (Å²) in [5, 5.41) is 10.1. The number of aromatic amines is 1. The molecule has 10 heteroatoms. The summed E-state index contributed by atoms with van der Waals surface area (Å²) in [5.74, 6) is -2.01. The number of nitrogens with one attached hydrogen (secondary N) is 2. The van der Waals surface area contributed by atoms with E-state index in [9.17, 15) is 18.8 Å². The van der Waals surface area contributed by atoms with Crippen LogP contribution in [0.1, 0.15) is 35.0 Å². The Balaban J connectivity index is 2.03. The largest absolute Gasteiger partial charge is 0.491 e. The molecule has 166 valence electrons. The topological polar surface area (TPSA) is 153 Å². The van der Waals surface area contributed by atoms with E-state index in [0.29, 0.717) is 16.6 Å². The molecule has 3 aromatic rings. The van der Waals surface area contributed by atoms with Crippen molar-refractivity contribution in [3.05, 3.63) is 59.0 Å². The first kappa shape index (κ1) is 22.5. The number of nitrogens with two attached hydrogens (primary N) is 2. The molecule has 0 radical (unpaired) electrons. The van der Waals surface area contributed by atoms with Crippen molar-refractivity contribution in [2.75, 3.05) is 6.61 Å².